The summed E-state index contributed by atoms with van der Waals surface area (Å²) in [6.45, 7) is 2.89. The van der Waals surface area contributed by atoms with E-state index in [1.165, 1.54) is 25.0 Å². The van der Waals surface area contributed by atoms with Crippen molar-refractivity contribution in [2.24, 2.45) is 5.92 Å². The van der Waals surface area contributed by atoms with Crippen LogP contribution in [0.2, 0.25) is 0 Å². The van der Waals surface area contributed by atoms with Crippen molar-refractivity contribution < 1.29 is 8.78 Å². The predicted molar refractivity (Wildman–Crippen MR) is 65.1 cm³/mol. The fourth-order valence-corrected chi connectivity index (χ4v) is 2.21. The van der Waals surface area contributed by atoms with Crippen LogP contribution in [0.5, 0.6) is 0 Å². The van der Waals surface area contributed by atoms with Crippen LogP contribution < -0.4 is 10.6 Å². The van der Waals surface area contributed by atoms with E-state index in [0.29, 0.717) is 11.6 Å². The Labute approximate surface area is 100 Å². The number of benzene rings is 1. The van der Waals surface area contributed by atoms with Crippen LogP contribution in [0.15, 0.2) is 18.2 Å². The van der Waals surface area contributed by atoms with E-state index in [1.807, 2.05) is 0 Å². The number of halogens is 2. The van der Waals surface area contributed by atoms with Gasteiger partial charge in [0.1, 0.15) is 11.6 Å². The molecule has 1 fully saturated rings. The maximum atomic E-state index is 13.3. The molecular formula is C13H18F2N2. The zero-order chi connectivity index (χ0) is 12.1. The minimum Gasteiger partial charge on any atom is -0.383 e. The molecule has 0 bridgehead atoms. The van der Waals surface area contributed by atoms with Gasteiger partial charge in [0, 0.05) is 12.6 Å². The van der Waals surface area contributed by atoms with E-state index < -0.39 is 11.6 Å². The Morgan fingerprint density at radius 2 is 2.24 bits per heavy atom. The molecule has 1 saturated heterocycles. The third-order valence-electron chi connectivity index (χ3n) is 3.20. The maximum Gasteiger partial charge on any atom is 0.149 e. The van der Waals surface area contributed by atoms with Crippen molar-refractivity contribution in [3.63, 3.8) is 0 Å². The van der Waals surface area contributed by atoms with Crippen LogP contribution in [-0.2, 0) is 0 Å². The summed E-state index contributed by atoms with van der Waals surface area (Å²) in [7, 11) is 0. The highest BCUT2D eigenvalue weighted by atomic mass is 19.1. The summed E-state index contributed by atoms with van der Waals surface area (Å²) in [4.78, 5) is 0. The summed E-state index contributed by atoms with van der Waals surface area (Å²) < 4.78 is 26.0. The molecule has 1 aromatic carbocycles. The fourth-order valence-electron chi connectivity index (χ4n) is 2.21. The Bertz CT molecular complexity index is 362. The molecule has 0 amide bonds. The van der Waals surface area contributed by atoms with Gasteiger partial charge in [0.05, 0.1) is 5.69 Å². The third-order valence-corrected chi connectivity index (χ3v) is 3.20. The van der Waals surface area contributed by atoms with E-state index in [4.69, 9.17) is 0 Å². The first-order chi connectivity index (χ1) is 8.25. The van der Waals surface area contributed by atoms with Crippen LogP contribution in [-0.4, -0.2) is 19.6 Å². The molecule has 2 rings (SSSR count). The molecule has 17 heavy (non-hydrogen) atoms. The molecule has 1 aliphatic rings. The highest BCUT2D eigenvalue weighted by Crippen LogP contribution is 2.17. The van der Waals surface area contributed by atoms with Gasteiger partial charge >= 0.3 is 0 Å². The zero-order valence-electron chi connectivity index (χ0n) is 9.81. The second kappa shape index (κ2) is 5.96. The van der Waals surface area contributed by atoms with Crippen molar-refractivity contribution in [3.8, 4) is 0 Å². The summed E-state index contributed by atoms with van der Waals surface area (Å²) in [5, 5.41) is 6.37. The van der Waals surface area contributed by atoms with Gasteiger partial charge in [-0.1, -0.05) is 0 Å². The Hall–Kier alpha value is -1.16. The molecule has 1 aromatic rings. The summed E-state index contributed by atoms with van der Waals surface area (Å²) in [6, 6.07) is 3.63. The van der Waals surface area contributed by atoms with E-state index in [0.717, 1.165) is 32.1 Å². The Morgan fingerprint density at radius 3 is 2.94 bits per heavy atom. The lowest BCUT2D eigenvalue weighted by atomic mass is 9.96. The number of hydrogen-bond donors (Lipinski definition) is 2. The van der Waals surface area contributed by atoms with Crippen LogP contribution in [0.1, 0.15) is 19.3 Å². The number of piperidine rings is 1. The standard InChI is InChI=1S/C13H18F2N2/c14-11-3-4-13(12(15)8-11)17-7-5-10-2-1-6-16-9-10/h3-4,8,10,16-17H,1-2,5-7,9H2. The van der Waals surface area contributed by atoms with Crippen molar-refractivity contribution in [3.05, 3.63) is 29.8 Å². The van der Waals surface area contributed by atoms with Gasteiger partial charge in [-0.3, -0.25) is 0 Å². The van der Waals surface area contributed by atoms with Crippen LogP contribution in [0.4, 0.5) is 14.5 Å². The smallest absolute Gasteiger partial charge is 0.149 e. The van der Waals surface area contributed by atoms with Gasteiger partial charge < -0.3 is 10.6 Å². The van der Waals surface area contributed by atoms with E-state index in [9.17, 15) is 8.78 Å². The lowest BCUT2D eigenvalue weighted by molar-refractivity contribution is 0.364. The first kappa shape index (κ1) is 12.3. The van der Waals surface area contributed by atoms with Gasteiger partial charge in [-0.15, -0.1) is 0 Å². The highest BCUT2D eigenvalue weighted by Gasteiger charge is 2.12. The Morgan fingerprint density at radius 1 is 1.35 bits per heavy atom. The molecule has 0 radical (unpaired) electrons. The molecule has 0 saturated carbocycles. The number of nitrogens with one attached hydrogen (secondary N) is 2. The molecule has 0 spiro atoms. The maximum absolute atomic E-state index is 13.3. The SMILES string of the molecule is Fc1ccc(NCCC2CCCNC2)c(F)c1. The van der Waals surface area contributed by atoms with E-state index in [2.05, 4.69) is 10.6 Å². The fraction of sp³-hybridized carbons (Fsp3) is 0.538. The molecule has 1 atom stereocenters. The second-order valence-electron chi connectivity index (χ2n) is 4.55. The number of anilines is 1. The van der Waals surface area contributed by atoms with Crippen LogP contribution in [0.3, 0.4) is 0 Å². The van der Waals surface area contributed by atoms with Crippen molar-refractivity contribution in [1.29, 1.82) is 0 Å². The molecule has 1 unspecified atom stereocenters. The second-order valence-corrected chi connectivity index (χ2v) is 4.55. The molecule has 2 nitrogen and oxygen atoms in total. The number of rotatable bonds is 4. The first-order valence-corrected chi connectivity index (χ1v) is 6.15. The van der Waals surface area contributed by atoms with Crippen LogP contribution in [0.25, 0.3) is 0 Å². The monoisotopic (exact) mass is 240 g/mol. The molecule has 1 aliphatic heterocycles. The van der Waals surface area contributed by atoms with Gasteiger partial charge in [0.25, 0.3) is 0 Å². The Kier molecular flexibility index (Phi) is 4.31. The normalized spacial score (nSPS) is 20.2. The van der Waals surface area contributed by atoms with E-state index in [1.54, 1.807) is 0 Å². The van der Waals surface area contributed by atoms with Gasteiger partial charge in [0.15, 0.2) is 0 Å². The lowest BCUT2D eigenvalue weighted by Gasteiger charge is -2.22. The van der Waals surface area contributed by atoms with Crippen molar-refractivity contribution in [2.75, 3.05) is 25.0 Å². The summed E-state index contributed by atoms with van der Waals surface area (Å²) in [6.07, 6.45) is 3.47. The molecule has 0 aromatic heterocycles. The number of hydrogen-bond acceptors (Lipinski definition) is 2. The summed E-state index contributed by atoms with van der Waals surface area (Å²) >= 11 is 0. The largest absolute Gasteiger partial charge is 0.383 e. The molecule has 94 valence electrons. The van der Waals surface area contributed by atoms with Crippen molar-refractivity contribution >= 4 is 5.69 Å². The van der Waals surface area contributed by atoms with E-state index in [-0.39, 0.29) is 0 Å². The molecular weight excluding hydrogens is 222 g/mol. The average Bonchev–Trinajstić information content (AvgIpc) is 2.33. The van der Waals surface area contributed by atoms with Crippen LogP contribution in [0, 0.1) is 17.6 Å². The van der Waals surface area contributed by atoms with Crippen LogP contribution >= 0.6 is 0 Å². The average molecular weight is 240 g/mol. The van der Waals surface area contributed by atoms with Gasteiger partial charge in [0.2, 0.25) is 0 Å². The minimum absolute atomic E-state index is 0.384. The molecule has 1 heterocycles. The minimum atomic E-state index is -0.537. The van der Waals surface area contributed by atoms with Gasteiger partial charge in [-0.05, 0) is 50.4 Å². The van der Waals surface area contributed by atoms with Gasteiger partial charge in [-0.2, -0.15) is 0 Å². The quantitative estimate of drug-likeness (QED) is 0.845. The molecule has 4 heteroatoms. The molecule has 0 aliphatic carbocycles. The van der Waals surface area contributed by atoms with Gasteiger partial charge in [-0.25, -0.2) is 8.78 Å². The topological polar surface area (TPSA) is 24.1 Å². The van der Waals surface area contributed by atoms with Crippen molar-refractivity contribution in [2.45, 2.75) is 19.3 Å². The summed E-state index contributed by atoms with van der Waals surface area (Å²) in [5.74, 6) is -0.393. The molecule has 2 N–H and O–H groups in total. The lowest BCUT2D eigenvalue weighted by Crippen LogP contribution is -2.30. The Balaban J connectivity index is 1.77. The van der Waals surface area contributed by atoms with E-state index >= 15 is 0 Å². The predicted octanol–water partition coefficient (Wildman–Crippen LogP) is 2.77. The summed E-state index contributed by atoms with van der Waals surface area (Å²) in [5.41, 5.74) is 0.384. The van der Waals surface area contributed by atoms with Crippen molar-refractivity contribution in [1.82, 2.24) is 5.32 Å². The highest BCUT2D eigenvalue weighted by molar-refractivity contribution is 5.44. The zero-order valence-corrected chi connectivity index (χ0v) is 9.81. The third kappa shape index (κ3) is 3.66. The first-order valence-electron chi connectivity index (χ1n) is 6.15.